The van der Waals surface area contributed by atoms with Gasteiger partial charge in [0.2, 0.25) is 0 Å². The molecule has 0 aliphatic heterocycles. The molecule has 3 aromatic rings. The summed E-state index contributed by atoms with van der Waals surface area (Å²) in [7, 11) is 0. The van der Waals surface area contributed by atoms with E-state index in [9.17, 15) is 9.59 Å². The maximum Gasteiger partial charge on any atom is 0.343 e. The van der Waals surface area contributed by atoms with Crippen LogP contribution in [0.25, 0.3) is 0 Å². The SMILES string of the molecule is Cc1ccc(C(=O)Oc2ccc(OC(=O)c3ccc(C)cc3)cc2)cc1. The van der Waals surface area contributed by atoms with Crippen LogP contribution in [0.5, 0.6) is 11.5 Å². The summed E-state index contributed by atoms with van der Waals surface area (Å²) in [5, 5.41) is 0. The molecule has 4 heteroatoms. The fraction of sp³-hybridized carbons (Fsp3) is 0.0909. The second-order valence-electron chi connectivity index (χ2n) is 5.98. The van der Waals surface area contributed by atoms with Crippen molar-refractivity contribution in [1.82, 2.24) is 0 Å². The van der Waals surface area contributed by atoms with Gasteiger partial charge in [-0.3, -0.25) is 0 Å². The third kappa shape index (κ3) is 4.36. The summed E-state index contributed by atoms with van der Waals surface area (Å²) in [6, 6.07) is 20.6. The Labute approximate surface area is 152 Å². The third-order valence-corrected chi connectivity index (χ3v) is 3.82. The minimum atomic E-state index is -0.436. The summed E-state index contributed by atoms with van der Waals surface area (Å²) >= 11 is 0. The van der Waals surface area contributed by atoms with Crippen molar-refractivity contribution in [3.05, 3.63) is 95.1 Å². The van der Waals surface area contributed by atoms with E-state index in [0.29, 0.717) is 22.6 Å². The Hall–Kier alpha value is -3.40. The number of rotatable bonds is 4. The van der Waals surface area contributed by atoms with Gasteiger partial charge in [0.1, 0.15) is 11.5 Å². The molecule has 3 aromatic carbocycles. The molecule has 0 aliphatic carbocycles. The zero-order valence-electron chi connectivity index (χ0n) is 14.6. The highest BCUT2D eigenvalue weighted by atomic mass is 16.5. The molecule has 0 unspecified atom stereocenters. The highest BCUT2D eigenvalue weighted by Crippen LogP contribution is 2.20. The van der Waals surface area contributed by atoms with E-state index in [1.54, 1.807) is 48.5 Å². The van der Waals surface area contributed by atoms with Crippen molar-refractivity contribution in [3.63, 3.8) is 0 Å². The summed E-state index contributed by atoms with van der Waals surface area (Å²) in [5.74, 6) is -0.111. The van der Waals surface area contributed by atoms with Gasteiger partial charge in [-0.25, -0.2) is 9.59 Å². The van der Waals surface area contributed by atoms with Crippen LogP contribution in [-0.2, 0) is 0 Å². The Balaban J connectivity index is 1.62. The fourth-order valence-electron chi connectivity index (χ4n) is 2.29. The topological polar surface area (TPSA) is 52.6 Å². The largest absolute Gasteiger partial charge is 0.423 e. The van der Waals surface area contributed by atoms with E-state index >= 15 is 0 Å². The van der Waals surface area contributed by atoms with Crippen LogP contribution in [0.3, 0.4) is 0 Å². The lowest BCUT2D eigenvalue weighted by Crippen LogP contribution is -2.09. The first-order chi connectivity index (χ1) is 12.5. The second-order valence-corrected chi connectivity index (χ2v) is 5.98. The molecule has 4 nitrogen and oxygen atoms in total. The predicted octanol–water partition coefficient (Wildman–Crippen LogP) is 4.74. The molecule has 0 fully saturated rings. The van der Waals surface area contributed by atoms with Crippen molar-refractivity contribution >= 4 is 11.9 Å². The number of hydrogen-bond donors (Lipinski definition) is 0. The maximum absolute atomic E-state index is 12.1. The Morgan fingerprint density at radius 2 is 0.846 bits per heavy atom. The van der Waals surface area contributed by atoms with E-state index in [2.05, 4.69) is 0 Å². The number of carbonyl (C=O) groups is 2. The second kappa shape index (κ2) is 7.66. The first-order valence-corrected chi connectivity index (χ1v) is 8.19. The summed E-state index contributed by atoms with van der Waals surface area (Å²) in [4.78, 5) is 24.2. The highest BCUT2D eigenvalue weighted by Gasteiger charge is 2.10. The average Bonchev–Trinajstić information content (AvgIpc) is 2.64. The van der Waals surface area contributed by atoms with Gasteiger partial charge in [-0.2, -0.15) is 0 Å². The molecule has 0 saturated carbocycles. The first-order valence-electron chi connectivity index (χ1n) is 8.19. The average molecular weight is 346 g/mol. The standard InChI is InChI=1S/C22H18O4/c1-15-3-7-17(8-4-15)21(23)25-19-11-13-20(14-12-19)26-22(24)18-9-5-16(2)6-10-18/h3-14H,1-2H3. The summed E-state index contributed by atoms with van der Waals surface area (Å²) in [6.07, 6.45) is 0. The van der Waals surface area contributed by atoms with Crippen molar-refractivity contribution in [2.24, 2.45) is 0 Å². The lowest BCUT2D eigenvalue weighted by molar-refractivity contribution is 0.0719. The molecule has 130 valence electrons. The van der Waals surface area contributed by atoms with E-state index in [1.165, 1.54) is 0 Å². The number of carbonyl (C=O) groups excluding carboxylic acids is 2. The number of aryl methyl sites for hydroxylation is 2. The van der Waals surface area contributed by atoms with Gasteiger partial charge in [-0.1, -0.05) is 35.4 Å². The lowest BCUT2D eigenvalue weighted by Gasteiger charge is -2.07. The van der Waals surface area contributed by atoms with Crippen LogP contribution in [0, 0.1) is 13.8 Å². The van der Waals surface area contributed by atoms with Gasteiger partial charge in [0.25, 0.3) is 0 Å². The quantitative estimate of drug-likeness (QED) is 0.506. The van der Waals surface area contributed by atoms with Gasteiger partial charge < -0.3 is 9.47 Å². The minimum absolute atomic E-state index is 0.380. The molecule has 0 aromatic heterocycles. The van der Waals surface area contributed by atoms with Gasteiger partial charge in [0.15, 0.2) is 0 Å². The molecule has 0 heterocycles. The molecule has 0 amide bonds. The fourth-order valence-corrected chi connectivity index (χ4v) is 2.29. The molecule has 0 spiro atoms. The van der Waals surface area contributed by atoms with Gasteiger partial charge in [0, 0.05) is 0 Å². The van der Waals surface area contributed by atoms with Crippen molar-refractivity contribution < 1.29 is 19.1 Å². The van der Waals surface area contributed by atoms with E-state index in [0.717, 1.165) is 11.1 Å². The van der Waals surface area contributed by atoms with Gasteiger partial charge in [0.05, 0.1) is 11.1 Å². The zero-order chi connectivity index (χ0) is 18.5. The van der Waals surface area contributed by atoms with Crippen LogP contribution >= 0.6 is 0 Å². The Bertz CT molecular complexity index is 829. The minimum Gasteiger partial charge on any atom is -0.423 e. The molecule has 0 bridgehead atoms. The molecule has 0 atom stereocenters. The molecule has 0 radical (unpaired) electrons. The number of hydrogen-bond acceptors (Lipinski definition) is 4. The van der Waals surface area contributed by atoms with Gasteiger partial charge in [-0.15, -0.1) is 0 Å². The number of ether oxygens (including phenoxy) is 2. The van der Waals surface area contributed by atoms with Crippen molar-refractivity contribution in [2.75, 3.05) is 0 Å². The molecule has 0 saturated heterocycles. The van der Waals surface area contributed by atoms with E-state index in [-0.39, 0.29) is 0 Å². The van der Waals surface area contributed by atoms with Crippen molar-refractivity contribution in [2.45, 2.75) is 13.8 Å². The Kier molecular flexibility index (Phi) is 5.13. The van der Waals surface area contributed by atoms with Crippen LogP contribution in [-0.4, -0.2) is 11.9 Å². The molecule has 26 heavy (non-hydrogen) atoms. The Morgan fingerprint density at radius 1 is 0.538 bits per heavy atom. The summed E-state index contributed by atoms with van der Waals surface area (Å²) in [5.41, 5.74) is 3.10. The zero-order valence-corrected chi connectivity index (χ0v) is 14.6. The summed E-state index contributed by atoms with van der Waals surface area (Å²) < 4.78 is 10.6. The molecule has 3 rings (SSSR count). The van der Waals surface area contributed by atoms with Crippen LogP contribution in [0.2, 0.25) is 0 Å². The molecule has 0 N–H and O–H groups in total. The lowest BCUT2D eigenvalue weighted by atomic mass is 10.1. The number of esters is 2. The molecular weight excluding hydrogens is 328 g/mol. The smallest absolute Gasteiger partial charge is 0.343 e. The first kappa shape index (κ1) is 17.4. The third-order valence-electron chi connectivity index (χ3n) is 3.82. The number of benzene rings is 3. The summed E-state index contributed by atoms with van der Waals surface area (Å²) in [6.45, 7) is 3.90. The normalized spacial score (nSPS) is 10.2. The van der Waals surface area contributed by atoms with E-state index in [1.807, 2.05) is 38.1 Å². The van der Waals surface area contributed by atoms with Gasteiger partial charge >= 0.3 is 11.9 Å². The van der Waals surface area contributed by atoms with Crippen molar-refractivity contribution in [1.29, 1.82) is 0 Å². The monoisotopic (exact) mass is 346 g/mol. The van der Waals surface area contributed by atoms with Crippen LogP contribution in [0.4, 0.5) is 0 Å². The van der Waals surface area contributed by atoms with E-state index < -0.39 is 11.9 Å². The molecule has 0 aliphatic rings. The van der Waals surface area contributed by atoms with Crippen LogP contribution in [0.15, 0.2) is 72.8 Å². The maximum atomic E-state index is 12.1. The van der Waals surface area contributed by atoms with Crippen molar-refractivity contribution in [3.8, 4) is 11.5 Å². The van der Waals surface area contributed by atoms with E-state index in [4.69, 9.17) is 9.47 Å². The van der Waals surface area contributed by atoms with Gasteiger partial charge in [-0.05, 0) is 62.4 Å². The van der Waals surface area contributed by atoms with Crippen LogP contribution in [0.1, 0.15) is 31.8 Å². The highest BCUT2D eigenvalue weighted by molar-refractivity contribution is 5.91. The molecular formula is C22H18O4. The predicted molar refractivity (Wildman–Crippen MR) is 98.7 cm³/mol. The Morgan fingerprint density at radius 3 is 1.15 bits per heavy atom. The van der Waals surface area contributed by atoms with Crippen LogP contribution < -0.4 is 9.47 Å².